The Morgan fingerprint density at radius 1 is 1.19 bits per heavy atom. The number of benzene rings is 1. The van der Waals surface area contributed by atoms with Crippen molar-refractivity contribution in [2.45, 2.75) is 12.3 Å². The van der Waals surface area contributed by atoms with Gasteiger partial charge in [-0.1, -0.05) is 31.9 Å². The summed E-state index contributed by atoms with van der Waals surface area (Å²) in [7, 11) is 0. The van der Waals surface area contributed by atoms with E-state index in [-0.39, 0.29) is 5.38 Å². The summed E-state index contributed by atoms with van der Waals surface area (Å²) >= 11 is 13.3. The van der Waals surface area contributed by atoms with Crippen LogP contribution in [-0.2, 0) is 0 Å². The van der Waals surface area contributed by atoms with E-state index in [0.717, 1.165) is 26.0 Å². The van der Waals surface area contributed by atoms with Gasteiger partial charge in [-0.3, -0.25) is 0 Å². The van der Waals surface area contributed by atoms with E-state index in [1.807, 2.05) is 37.3 Å². The van der Waals surface area contributed by atoms with Gasteiger partial charge >= 0.3 is 0 Å². The van der Waals surface area contributed by atoms with Crippen molar-refractivity contribution < 1.29 is 4.42 Å². The summed E-state index contributed by atoms with van der Waals surface area (Å²) in [6.45, 7) is 1.91. The van der Waals surface area contributed by atoms with Crippen LogP contribution in [0.5, 0.6) is 0 Å². The molecular weight excluding hydrogens is 355 g/mol. The van der Waals surface area contributed by atoms with Gasteiger partial charge in [0.05, 0.1) is 0 Å². The Bertz CT molecular complexity index is 507. The van der Waals surface area contributed by atoms with Crippen molar-refractivity contribution in [2.75, 3.05) is 0 Å². The molecule has 0 fully saturated rings. The van der Waals surface area contributed by atoms with Crippen LogP contribution in [0.15, 0.2) is 43.7 Å². The highest BCUT2D eigenvalue weighted by Gasteiger charge is 2.17. The molecule has 4 heteroatoms. The number of alkyl halides is 1. The third-order valence-corrected chi connectivity index (χ3v) is 3.91. The van der Waals surface area contributed by atoms with Crippen LogP contribution in [0, 0.1) is 6.92 Å². The van der Waals surface area contributed by atoms with Crippen LogP contribution in [0.25, 0.3) is 0 Å². The van der Waals surface area contributed by atoms with Crippen molar-refractivity contribution in [1.82, 2.24) is 0 Å². The predicted octanol–water partition coefficient (Wildman–Crippen LogP) is 5.44. The van der Waals surface area contributed by atoms with Crippen molar-refractivity contribution in [1.29, 1.82) is 0 Å². The molecule has 1 unspecified atom stereocenters. The Morgan fingerprint density at radius 3 is 2.56 bits per heavy atom. The summed E-state index contributed by atoms with van der Waals surface area (Å²) in [4.78, 5) is 0. The Morgan fingerprint density at radius 2 is 1.94 bits per heavy atom. The minimum atomic E-state index is -0.277. The van der Waals surface area contributed by atoms with Crippen LogP contribution < -0.4 is 0 Å². The van der Waals surface area contributed by atoms with Crippen LogP contribution in [0.2, 0.25) is 0 Å². The topological polar surface area (TPSA) is 13.1 Å². The van der Waals surface area contributed by atoms with Crippen molar-refractivity contribution >= 4 is 43.5 Å². The molecule has 0 spiro atoms. The fraction of sp³-hybridized carbons (Fsp3) is 0.167. The molecule has 2 rings (SSSR count). The molecular formula is C12H9Br2ClO. The van der Waals surface area contributed by atoms with Gasteiger partial charge in [-0.15, -0.1) is 11.6 Å². The van der Waals surface area contributed by atoms with Crippen LogP contribution in [0.3, 0.4) is 0 Å². The fourth-order valence-corrected chi connectivity index (χ4v) is 2.74. The SMILES string of the molecule is Cc1ccc(C(Cl)c2cc(Br)ccc2Br)o1. The van der Waals surface area contributed by atoms with Crippen LogP contribution >= 0.6 is 43.5 Å². The molecule has 2 aromatic rings. The van der Waals surface area contributed by atoms with Gasteiger partial charge in [0.15, 0.2) is 0 Å². The van der Waals surface area contributed by atoms with E-state index in [1.165, 1.54) is 0 Å². The van der Waals surface area contributed by atoms with Crippen molar-refractivity contribution in [3.05, 3.63) is 56.4 Å². The van der Waals surface area contributed by atoms with Gasteiger partial charge in [0.25, 0.3) is 0 Å². The number of halogens is 3. The maximum Gasteiger partial charge on any atom is 0.126 e. The summed E-state index contributed by atoms with van der Waals surface area (Å²) in [5, 5.41) is -0.277. The van der Waals surface area contributed by atoms with Gasteiger partial charge in [-0.2, -0.15) is 0 Å². The molecule has 84 valence electrons. The van der Waals surface area contributed by atoms with Gasteiger partial charge in [-0.25, -0.2) is 0 Å². The van der Waals surface area contributed by atoms with Crippen LogP contribution in [0.4, 0.5) is 0 Å². The monoisotopic (exact) mass is 362 g/mol. The van der Waals surface area contributed by atoms with E-state index >= 15 is 0 Å². The van der Waals surface area contributed by atoms with Gasteiger partial charge in [0.2, 0.25) is 0 Å². The van der Waals surface area contributed by atoms with E-state index in [9.17, 15) is 0 Å². The molecule has 0 saturated heterocycles. The lowest BCUT2D eigenvalue weighted by Crippen LogP contribution is -1.92. The molecule has 1 heterocycles. The quantitative estimate of drug-likeness (QED) is 0.647. The second kappa shape index (κ2) is 4.94. The molecule has 1 aromatic heterocycles. The third kappa shape index (κ3) is 2.53. The van der Waals surface area contributed by atoms with E-state index in [0.29, 0.717) is 0 Å². The molecule has 0 saturated carbocycles. The lowest BCUT2D eigenvalue weighted by Gasteiger charge is -2.09. The molecule has 0 aliphatic heterocycles. The standard InChI is InChI=1S/C12H9Br2ClO/c1-7-2-5-11(16-7)12(15)9-6-8(13)3-4-10(9)14/h2-6,12H,1H3. The first-order valence-electron chi connectivity index (χ1n) is 4.73. The Kier molecular flexibility index (Phi) is 3.77. The molecule has 0 radical (unpaired) electrons. The first kappa shape index (κ1) is 12.2. The van der Waals surface area contributed by atoms with Crippen molar-refractivity contribution in [2.24, 2.45) is 0 Å². The number of hydrogen-bond donors (Lipinski definition) is 0. The van der Waals surface area contributed by atoms with Crippen LogP contribution in [0.1, 0.15) is 22.5 Å². The normalized spacial score (nSPS) is 12.8. The summed E-state index contributed by atoms with van der Waals surface area (Å²) < 4.78 is 7.50. The van der Waals surface area contributed by atoms with Gasteiger partial charge in [0.1, 0.15) is 16.9 Å². The first-order chi connectivity index (χ1) is 7.58. The number of aryl methyl sites for hydroxylation is 1. The zero-order valence-corrected chi connectivity index (χ0v) is 12.4. The predicted molar refractivity (Wildman–Crippen MR) is 73.0 cm³/mol. The fourth-order valence-electron chi connectivity index (χ4n) is 1.45. The van der Waals surface area contributed by atoms with E-state index in [1.54, 1.807) is 0 Å². The maximum atomic E-state index is 6.38. The Labute approximate surface area is 116 Å². The molecule has 16 heavy (non-hydrogen) atoms. The molecule has 1 aromatic carbocycles. The lowest BCUT2D eigenvalue weighted by atomic mass is 10.1. The molecule has 0 amide bonds. The maximum absolute atomic E-state index is 6.38. The molecule has 1 atom stereocenters. The number of hydrogen-bond acceptors (Lipinski definition) is 1. The van der Waals surface area contributed by atoms with Crippen LogP contribution in [-0.4, -0.2) is 0 Å². The van der Waals surface area contributed by atoms with Crippen molar-refractivity contribution in [3.8, 4) is 0 Å². The zero-order chi connectivity index (χ0) is 11.7. The molecule has 0 N–H and O–H groups in total. The Balaban J connectivity index is 2.40. The van der Waals surface area contributed by atoms with Gasteiger partial charge in [-0.05, 0) is 42.8 Å². The molecule has 0 bridgehead atoms. The summed E-state index contributed by atoms with van der Waals surface area (Å²) in [5.74, 6) is 1.63. The third-order valence-electron chi connectivity index (χ3n) is 2.24. The average molecular weight is 364 g/mol. The Hall–Kier alpha value is -0.250. The highest BCUT2D eigenvalue weighted by Crippen LogP contribution is 2.36. The molecule has 0 aliphatic rings. The smallest absolute Gasteiger partial charge is 0.126 e. The second-order valence-corrected chi connectivity index (χ2v) is 5.68. The summed E-state index contributed by atoms with van der Waals surface area (Å²) in [6, 6.07) is 9.73. The van der Waals surface area contributed by atoms with E-state index in [4.69, 9.17) is 16.0 Å². The van der Waals surface area contributed by atoms with E-state index in [2.05, 4.69) is 31.9 Å². The minimum absolute atomic E-state index is 0.277. The second-order valence-electron chi connectivity index (χ2n) is 3.48. The molecule has 0 aliphatic carbocycles. The minimum Gasteiger partial charge on any atom is -0.464 e. The number of furan rings is 1. The van der Waals surface area contributed by atoms with E-state index < -0.39 is 0 Å². The highest BCUT2D eigenvalue weighted by molar-refractivity contribution is 9.11. The largest absolute Gasteiger partial charge is 0.464 e. The summed E-state index contributed by atoms with van der Waals surface area (Å²) in [5.41, 5.74) is 0.991. The summed E-state index contributed by atoms with van der Waals surface area (Å²) in [6.07, 6.45) is 0. The van der Waals surface area contributed by atoms with Crippen molar-refractivity contribution in [3.63, 3.8) is 0 Å². The lowest BCUT2D eigenvalue weighted by molar-refractivity contribution is 0.489. The molecule has 1 nitrogen and oxygen atoms in total. The zero-order valence-electron chi connectivity index (χ0n) is 8.51. The highest BCUT2D eigenvalue weighted by atomic mass is 79.9. The number of rotatable bonds is 2. The van der Waals surface area contributed by atoms with Gasteiger partial charge < -0.3 is 4.42 Å². The average Bonchev–Trinajstić information content (AvgIpc) is 2.67. The first-order valence-corrected chi connectivity index (χ1v) is 6.75. The van der Waals surface area contributed by atoms with Gasteiger partial charge in [0, 0.05) is 8.95 Å².